The predicted octanol–water partition coefficient (Wildman–Crippen LogP) is 2.15. The van der Waals surface area contributed by atoms with Crippen LogP contribution in [0.3, 0.4) is 0 Å². The monoisotopic (exact) mass is 354 g/mol. The number of hydrogen-bond donors (Lipinski definition) is 0. The number of likely N-dealkylation sites (N-methyl/N-ethyl adjacent to an activating group) is 1. The number of hydrogen-bond acceptors (Lipinski definition) is 3. The Morgan fingerprint density at radius 3 is 2.57 bits per heavy atom. The van der Waals surface area contributed by atoms with Gasteiger partial charge in [-0.15, -0.1) is 0 Å². The molecule has 1 saturated heterocycles. The molecule has 0 N–H and O–H groups in total. The van der Waals surface area contributed by atoms with Gasteiger partial charge >= 0.3 is 0 Å². The minimum Gasteiger partial charge on any atom is -0.496 e. The fraction of sp³-hybridized carbons (Fsp3) is 0.467. The van der Waals surface area contributed by atoms with Crippen LogP contribution in [0.4, 0.5) is 0 Å². The molecule has 2 rings (SSSR count). The van der Waals surface area contributed by atoms with E-state index in [1.807, 2.05) is 0 Å². The van der Waals surface area contributed by atoms with Crippen molar-refractivity contribution < 1.29 is 14.3 Å². The van der Waals surface area contributed by atoms with Gasteiger partial charge in [-0.2, -0.15) is 0 Å². The van der Waals surface area contributed by atoms with E-state index in [0.717, 1.165) is 0 Å². The SMILES string of the molecule is COc1ccc(C(=O)N2CCN(C)C(=O)C2(C)C)cc1Br. The van der Waals surface area contributed by atoms with Gasteiger partial charge in [-0.1, -0.05) is 0 Å². The summed E-state index contributed by atoms with van der Waals surface area (Å²) in [7, 11) is 3.33. The van der Waals surface area contributed by atoms with Crippen molar-refractivity contribution in [2.24, 2.45) is 0 Å². The highest BCUT2D eigenvalue weighted by Crippen LogP contribution is 2.28. The molecule has 0 bridgehead atoms. The molecular weight excluding hydrogens is 336 g/mol. The summed E-state index contributed by atoms with van der Waals surface area (Å²) in [6.07, 6.45) is 0. The molecule has 0 aromatic heterocycles. The maximum atomic E-state index is 12.7. The second kappa shape index (κ2) is 5.67. The number of carbonyl (C=O) groups is 2. The van der Waals surface area contributed by atoms with Crippen LogP contribution in [0.1, 0.15) is 24.2 Å². The minimum absolute atomic E-state index is 0.0466. The van der Waals surface area contributed by atoms with Crippen LogP contribution in [-0.4, -0.2) is 54.4 Å². The highest BCUT2D eigenvalue weighted by molar-refractivity contribution is 9.10. The van der Waals surface area contributed by atoms with Crippen molar-refractivity contribution in [1.82, 2.24) is 9.80 Å². The van der Waals surface area contributed by atoms with E-state index in [4.69, 9.17) is 4.74 Å². The van der Waals surface area contributed by atoms with Gasteiger partial charge in [0.25, 0.3) is 5.91 Å². The van der Waals surface area contributed by atoms with E-state index in [1.165, 1.54) is 0 Å². The van der Waals surface area contributed by atoms with Crippen molar-refractivity contribution in [3.8, 4) is 5.75 Å². The first-order valence-electron chi connectivity index (χ1n) is 6.70. The van der Waals surface area contributed by atoms with Crippen molar-refractivity contribution in [1.29, 1.82) is 0 Å². The molecule has 21 heavy (non-hydrogen) atoms. The van der Waals surface area contributed by atoms with Crippen molar-refractivity contribution in [2.75, 3.05) is 27.2 Å². The molecule has 0 atom stereocenters. The highest BCUT2D eigenvalue weighted by Gasteiger charge is 2.43. The quantitative estimate of drug-likeness (QED) is 0.817. The summed E-state index contributed by atoms with van der Waals surface area (Å²) in [4.78, 5) is 28.3. The Hall–Kier alpha value is -1.56. The summed E-state index contributed by atoms with van der Waals surface area (Å²) in [5, 5.41) is 0. The van der Waals surface area contributed by atoms with Crippen LogP contribution in [-0.2, 0) is 4.79 Å². The summed E-state index contributed by atoms with van der Waals surface area (Å²) < 4.78 is 5.88. The smallest absolute Gasteiger partial charge is 0.254 e. The Balaban J connectivity index is 2.31. The maximum absolute atomic E-state index is 12.7. The zero-order chi connectivity index (χ0) is 15.8. The third-order valence-corrected chi connectivity index (χ3v) is 4.47. The number of halogens is 1. The number of amides is 2. The topological polar surface area (TPSA) is 49.9 Å². The van der Waals surface area contributed by atoms with Crippen LogP contribution in [0.5, 0.6) is 5.75 Å². The molecule has 6 heteroatoms. The molecule has 5 nitrogen and oxygen atoms in total. The van der Waals surface area contributed by atoms with Gasteiger partial charge < -0.3 is 14.5 Å². The lowest BCUT2D eigenvalue weighted by molar-refractivity contribution is -0.144. The Kier molecular flexibility index (Phi) is 4.27. The van der Waals surface area contributed by atoms with Crippen molar-refractivity contribution >= 4 is 27.7 Å². The van der Waals surface area contributed by atoms with Crippen molar-refractivity contribution in [3.63, 3.8) is 0 Å². The lowest BCUT2D eigenvalue weighted by Crippen LogP contribution is -2.63. The van der Waals surface area contributed by atoms with E-state index < -0.39 is 5.54 Å². The summed E-state index contributed by atoms with van der Waals surface area (Å²) >= 11 is 3.38. The lowest BCUT2D eigenvalue weighted by atomic mass is 9.96. The summed E-state index contributed by atoms with van der Waals surface area (Å²) in [5.74, 6) is 0.472. The Labute approximate surface area is 133 Å². The van der Waals surface area contributed by atoms with Gasteiger partial charge in [0.2, 0.25) is 5.91 Å². The zero-order valence-electron chi connectivity index (χ0n) is 12.6. The number of benzene rings is 1. The predicted molar refractivity (Wildman–Crippen MR) is 83.4 cm³/mol. The van der Waals surface area contributed by atoms with Crippen LogP contribution >= 0.6 is 15.9 Å². The first-order valence-corrected chi connectivity index (χ1v) is 7.49. The first kappa shape index (κ1) is 15.8. The lowest BCUT2D eigenvalue weighted by Gasteiger charge is -2.44. The zero-order valence-corrected chi connectivity index (χ0v) is 14.2. The Morgan fingerprint density at radius 2 is 2.00 bits per heavy atom. The summed E-state index contributed by atoms with van der Waals surface area (Å²) in [6, 6.07) is 5.17. The number of ether oxygens (including phenoxy) is 1. The standard InChI is InChI=1S/C15H19BrN2O3/c1-15(2)14(20)17(3)7-8-18(15)13(19)10-5-6-12(21-4)11(16)9-10/h5-6,9H,7-8H2,1-4H3. The minimum atomic E-state index is -0.837. The molecule has 1 aromatic carbocycles. The Bertz CT molecular complexity index is 586. The number of rotatable bonds is 2. The molecule has 0 aliphatic carbocycles. The molecule has 0 radical (unpaired) electrons. The molecule has 0 unspecified atom stereocenters. The van der Waals surface area contributed by atoms with Gasteiger partial charge in [-0.05, 0) is 48.0 Å². The van der Waals surface area contributed by atoms with Crippen LogP contribution in [0.25, 0.3) is 0 Å². The molecule has 2 amide bonds. The van der Waals surface area contributed by atoms with Gasteiger partial charge in [-0.3, -0.25) is 9.59 Å². The third-order valence-electron chi connectivity index (χ3n) is 3.85. The highest BCUT2D eigenvalue weighted by atomic mass is 79.9. The molecular formula is C15H19BrN2O3. The van der Waals surface area contributed by atoms with Gasteiger partial charge in [-0.25, -0.2) is 0 Å². The molecule has 1 aliphatic rings. The summed E-state index contributed by atoms with van der Waals surface area (Å²) in [5.41, 5.74) is -0.302. The maximum Gasteiger partial charge on any atom is 0.254 e. The van der Waals surface area contributed by atoms with E-state index in [-0.39, 0.29) is 11.8 Å². The van der Waals surface area contributed by atoms with Crippen LogP contribution in [0.15, 0.2) is 22.7 Å². The molecule has 1 aromatic rings. The Morgan fingerprint density at radius 1 is 1.33 bits per heavy atom. The fourth-order valence-corrected chi connectivity index (χ4v) is 3.06. The molecule has 0 saturated carbocycles. The van der Waals surface area contributed by atoms with E-state index in [1.54, 1.807) is 56.0 Å². The molecule has 0 spiro atoms. The molecule has 1 fully saturated rings. The number of piperazine rings is 1. The fourth-order valence-electron chi connectivity index (χ4n) is 2.52. The van der Waals surface area contributed by atoms with Crippen LogP contribution in [0, 0.1) is 0 Å². The molecule has 1 heterocycles. The average molecular weight is 355 g/mol. The second-order valence-electron chi connectivity index (χ2n) is 5.59. The third kappa shape index (κ3) is 2.77. The van der Waals surface area contributed by atoms with E-state index in [0.29, 0.717) is 28.9 Å². The summed E-state index contributed by atoms with van der Waals surface area (Å²) in [6.45, 7) is 4.63. The normalized spacial score (nSPS) is 17.9. The van der Waals surface area contributed by atoms with Crippen molar-refractivity contribution in [3.05, 3.63) is 28.2 Å². The number of nitrogens with zero attached hydrogens (tertiary/aromatic N) is 2. The second-order valence-corrected chi connectivity index (χ2v) is 6.45. The number of carbonyl (C=O) groups excluding carboxylic acids is 2. The van der Waals surface area contributed by atoms with E-state index in [2.05, 4.69) is 15.9 Å². The first-order chi connectivity index (χ1) is 9.78. The van der Waals surface area contributed by atoms with Gasteiger partial charge in [0.15, 0.2) is 0 Å². The van der Waals surface area contributed by atoms with Crippen LogP contribution < -0.4 is 4.74 Å². The largest absolute Gasteiger partial charge is 0.496 e. The van der Waals surface area contributed by atoms with Gasteiger partial charge in [0, 0.05) is 25.7 Å². The van der Waals surface area contributed by atoms with Gasteiger partial charge in [0.1, 0.15) is 11.3 Å². The van der Waals surface area contributed by atoms with Gasteiger partial charge in [0.05, 0.1) is 11.6 Å². The van der Waals surface area contributed by atoms with E-state index in [9.17, 15) is 9.59 Å². The average Bonchev–Trinajstić information content (AvgIpc) is 2.44. The molecule has 1 aliphatic heterocycles. The van der Waals surface area contributed by atoms with Crippen molar-refractivity contribution in [2.45, 2.75) is 19.4 Å². The molecule has 114 valence electrons. The van der Waals surface area contributed by atoms with Crippen LogP contribution in [0.2, 0.25) is 0 Å². The number of methoxy groups -OCH3 is 1. The van der Waals surface area contributed by atoms with E-state index >= 15 is 0 Å².